The maximum Gasteiger partial charge on any atom is 0.255 e. The zero-order valence-corrected chi connectivity index (χ0v) is 14.6. The minimum Gasteiger partial charge on any atom is -0.474 e. The van der Waals surface area contributed by atoms with E-state index in [4.69, 9.17) is 10.5 Å². The second-order valence-corrected chi connectivity index (χ2v) is 6.50. The van der Waals surface area contributed by atoms with Crippen molar-refractivity contribution in [1.29, 1.82) is 0 Å². The van der Waals surface area contributed by atoms with Crippen LogP contribution in [0.2, 0.25) is 0 Å². The Morgan fingerprint density at radius 2 is 2.22 bits per heavy atom. The second kappa shape index (κ2) is 6.49. The number of aromatic nitrogens is 3. The molecule has 2 unspecified atom stereocenters. The molecule has 3 aromatic heterocycles. The predicted molar refractivity (Wildman–Crippen MR) is 95.1 cm³/mol. The third-order valence-corrected chi connectivity index (χ3v) is 4.95. The van der Waals surface area contributed by atoms with Crippen LogP contribution in [-0.2, 0) is 4.79 Å². The Bertz CT molecular complexity index is 1050. The number of rotatable bonds is 5. The number of amides is 2. The smallest absolute Gasteiger partial charge is 0.255 e. The van der Waals surface area contributed by atoms with Crippen LogP contribution in [0.3, 0.4) is 0 Å². The van der Waals surface area contributed by atoms with Gasteiger partial charge in [-0.3, -0.25) is 14.0 Å². The third-order valence-electron chi connectivity index (χ3n) is 4.95. The molecule has 2 amide bonds. The van der Waals surface area contributed by atoms with Crippen LogP contribution in [0, 0.1) is 5.92 Å². The summed E-state index contributed by atoms with van der Waals surface area (Å²) >= 11 is 0. The average Bonchev–Trinajstić information content (AvgIpc) is 3.24. The van der Waals surface area contributed by atoms with Crippen molar-refractivity contribution in [1.82, 2.24) is 19.7 Å². The molecule has 0 saturated carbocycles. The zero-order valence-electron chi connectivity index (χ0n) is 14.6. The molecule has 0 aromatic carbocycles. The van der Waals surface area contributed by atoms with Crippen LogP contribution in [0.4, 0.5) is 4.39 Å². The standard InChI is InChI=1S/C18H18FN5O3/c1-2-10-12(23-17(26)13(10)19)8-27-18-14-9(3-4-22-18)7-11(15(20)25)16-21-5-6-24(14)16/h3-7,10,12-13H,2,8H2,1H3,(H2,20,25)(H,23,26)/t10-,12?,13?/m0/s1. The Hall–Kier alpha value is -3.23. The van der Waals surface area contributed by atoms with E-state index in [0.717, 1.165) is 0 Å². The average molecular weight is 371 g/mol. The topological polar surface area (TPSA) is 112 Å². The first kappa shape index (κ1) is 17.2. The van der Waals surface area contributed by atoms with Crippen LogP contribution in [-0.4, -0.2) is 45.0 Å². The van der Waals surface area contributed by atoms with Gasteiger partial charge in [-0.1, -0.05) is 6.92 Å². The lowest BCUT2D eigenvalue weighted by Crippen LogP contribution is -2.35. The predicted octanol–water partition coefficient (Wildman–Crippen LogP) is 1.22. The summed E-state index contributed by atoms with van der Waals surface area (Å²) in [6, 6.07) is 2.94. The second-order valence-electron chi connectivity index (χ2n) is 6.50. The van der Waals surface area contributed by atoms with Gasteiger partial charge >= 0.3 is 0 Å². The highest BCUT2D eigenvalue weighted by molar-refractivity contribution is 6.03. The fourth-order valence-electron chi connectivity index (χ4n) is 3.59. The molecule has 140 valence electrons. The van der Waals surface area contributed by atoms with Gasteiger partial charge < -0.3 is 15.8 Å². The summed E-state index contributed by atoms with van der Waals surface area (Å²) in [5.74, 6) is -1.33. The summed E-state index contributed by atoms with van der Waals surface area (Å²) < 4.78 is 21.5. The van der Waals surface area contributed by atoms with E-state index in [1.807, 2.05) is 6.92 Å². The number of pyridine rings is 2. The Balaban J connectivity index is 1.72. The van der Waals surface area contributed by atoms with Crippen molar-refractivity contribution >= 4 is 28.4 Å². The van der Waals surface area contributed by atoms with Gasteiger partial charge in [-0.25, -0.2) is 14.4 Å². The van der Waals surface area contributed by atoms with Gasteiger partial charge in [-0.2, -0.15) is 0 Å². The van der Waals surface area contributed by atoms with Crippen molar-refractivity contribution in [3.63, 3.8) is 0 Å². The van der Waals surface area contributed by atoms with E-state index in [1.54, 1.807) is 35.1 Å². The Labute approximate surface area is 153 Å². The summed E-state index contributed by atoms with van der Waals surface area (Å²) in [4.78, 5) is 31.8. The molecule has 8 nitrogen and oxygen atoms in total. The summed E-state index contributed by atoms with van der Waals surface area (Å²) in [6.07, 6.45) is 3.78. The first-order chi connectivity index (χ1) is 13.0. The molecule has 4 rings (SSSR count). The Morgan fingerprint density at radius 3 is 2.96 bits per heavy atom. The number of halogens is 1. The van der Waals surface area contributed by atoms with Gasteiger partial charge in [0.25, 0.3) is 11.8 Å². The fourth-order valence-corrected chi connectivity index (χ4v) is 3.59. The molecule has 9 heteroatoms. The van der Waals surface area contributed by atoms with Gasteiger partial charge in [0, 0.05) is 29.9 Å². The quantitative estimate of drug-likeness (QED) is 0.700. The molecule has 3 aromatic rings. The van der Waals surface area contributed by atoms with E-state index < -0.39 is 29.9 Å². The minimum absolute atomic E-state index is 0.0878. The van der Waals surface area contributed by atoms with Gasteiger partial charge in [0.15, 0.2) is 6.17 Å². The molecule has 3 atom stereocenters. The highest BCUT2D eigenvalue weighted by atomic mass is 19.1. The van der Waals surface area contributed by atoms with Crippen molar-refractivity contribution in [2.75, 3.05) is 6.61 Å². The number of nitrogens with two attached hydrogens (primary N) is 1. The molecule has 1 aliphatic rings. The highest BCUT2D eigenvalue weighted by Gasteiger charge is 2.41. The van der Waals surface area contributed by atoms with Crippen molar-refractivity contribution in [3.8, 4) is 5.88 Å². The molecular formula is C18H18FN5O3. The normalized spacial score (nSPS) is 22.3. The van der Waals surface area contributed by atoms with Gasteiger partial charge in [-0.05, 0) is 18.6 Å². The molecule has 1 aliphatic heterocycles. The SMILES string of the molecule is CC[C@H]1C(COc2nccc3cc(C(N)=O)c4nccn4c23)NC(=O)C1F. The maximum absolute atomic E-state index is 14.0. The number of primary amides is 1. The molecular weight excluding hydrogens is 353 g/mol. The maximum atomic E-state index is 14.0. The van der Waals surface area contributed by atoms with Crippen LogP contribution < -0.4 is 15.8 Å². The van der Waals surface area contributed by atoms with E-state index >= 15 is 0 Å². The highest BCUT2D eigenvalue weighted by Crippen LogP contribution is 2.28. The summed E-state index contributed by atoms with van der Waals surface area (Å²) in [5, 5.41) is 3.33. The van der Waals surface area contributed by atoms with E-state index in [0.29, 0.717) is 34.4 Å². The van der Waals surface area contributed by atoms with Gasteiger partial charge in [-0.15, -0.1) is 0 Å². The molecule has 27 heavy (non-hydrogen) atoms. The first-order valence-corrected chi connectivity index (χ1v) is 8.63. The van der Waals surface area contributed by atoms with Gasteiger partial charge in [0.05, 0.1) is 11.6 Å². The van der Waals surface area contributed by atoms with E-state index in [-0.39, 0.29) is 6.61 Å². The van der Waals surface area contributed by atoms with Crippen molar-refractivity contribution in [2.45, 2.75) is 25.6 Å². The summed E-state index contributed by atoms with van der Waals surface area (Å²) in [7, 11) is 0. The Kier molecular flexibility index (Phi) is 4.14. The minimum atomic E-state index is -1.53. The first-order valence-electron chi connectivity index (χ1n) is 8.63. The molecule has 1 fully saturated rings. The van der Waals surface area contributed by atoms with E-state index in [9.17, 15) is 14.0 Å². The number of imidazole rings is 1. The number of hydrogen-bond acceptors (Lipinski definition) is 5. The van der Waals surface area contributed by atoms with Crippen LogP contribution in [0.5, 0.6) is 5.88 Å². The van der Waals surface area contributed by atoms with Crippen LogP contribution in [0.15, 0.2) is 30.7 Å². The zero-order chi connectivity index (χ0) is 19.1. The number of nitrogens with one attached hydrogen (secondary N) is 1. The molecule has 4 heterocycles. The monoisotopic (exact) mass is 371 g/mol. The molecule has 0 radical (unpaired) electrons. The van der Waals surface area contributed by atoms with Crippen LogP contribution >= 0.6 is 0 Å². The Morgan fingerprint density at radius 1 is 1.41 bits per heavy atom. The van der Waals surface area contributed by atoms with E-state index in [2.05, 4.69) is 15.3 Å². The van der Waals surface area contributed by atoms with E-state index in [1.165, 1.54) is 0 Å². The number of carbonyl (C=O) groups excluding carboxylic acids is 2. The van der Waals surface area contributed by atoms with Crippen molar-refractivity contribution in [3.05, 3.63) is 36.3 Å². The number of hydrogen-bond donors (Lipinski definition) is 2. The molecule has 0 spiro atoms. The number of fused-ring (bicyclic) bond motifs is 3. The number of carbonyl (C=O) groups is 2. The third kappa shape index (κ3) is 2.75. The van der Waals surface area contributed by atoms with Crippen LogP contribution in [0.25, 0.3) is 16.6 Å². The largest absolute Gasteiger partial charge is 0.474 e. The number of alkyl halides is 1. The molecule has 1 saturated heterocycles. The lowest BCUT2D eigenvalue weighted by molar-refractivity contribution is -0.123. The van der Waals surface area contributed by atoms with Crippen molar-refractivity contribution < 1.29 is 18.7 Å². The fraction of sp³-hybridized carbons (Fsp3) is 0.333. The number of ether oxygens (including phenoxy) is 1. The van der Waals surface area contributed by atoms with Gasteiger partial charge in [0.1, 0.15) is 17.8 Å². The molecule has 0 bridgehead atoms. The summed E-state index contributed by atoms with van der Waals surface area (Å²) in [5.41, 5.74) is 6.76. The molecule has 3 N–H and O–H groups in total. The molecule has 0 aliphatic carbocycles. The summed E-state index contributed by atoms with van der Waals surface area (Å²) in [6.45, 7) is 1.92. The number of nitrogens with zero attached hydrogens (tertiary/aromatic N) is 3. The lowest BCUT2D eigenvalue weighted by atomic mass is 9.97. The van der Waals surface area contributed by atoms with Crippen LogP contribution in [0.1, 0.15) is 23.7 Å². The van der Waals surface area contributed by atoms with Gasteiger partial charge in [0.2, 0.25) is 5.88 Å². The van der Waals surface area contributed by atoms with Crippen molar-refractivity contribution in [2.24, 2.45) is 11.7 Å². The lowest BCUT2D eigenvalue weighted by Gasteiger charge is -2.19.